The Labute approximate surface area is 102 Å². The summed E-state index contributed by atoms with van der Waals surface area (Å²) in [5.41, 5.74) is 0.353. The molecule has 16 heavy (non-hydrogen) atoms. The molecule has 0 amide bonds. The molecule has 1 atom stereocenters. The predicted molar refractivity (Wildman–Crippen MR) is 63.1 cm³/mol. The summed E-state index contributed by atoms with van der Waals surface area (Å²) in [5, 5.41) is 9.74. The van der Waals surface area contributed by atoms with Crippen molar-refractivity contribution in [1.29, 1.82) is 0 Å². The average molecular weight is 289 g/mol. The lowest BCUT2D eigenvalue weighted by molar-refractivity contribution is 0.0591. The van der Waals surface area contributed by atoms with Crippen molar-refractivity contribution in [2.45, 2.75) is 6.10 Å². The second-order valence-electron chi connectivity index (χ2n) is 3.11. The maximum absolute atomic E-state index is 11.4. The normalized spacial score (nSPS) is 11.9. The Balaban J connectivity index is 2.75. The number of ether oxygens (including phenoxy) is 2. The van der Waals surface area contributed by atoms with Gasteiger partial charge < -0.3 is 14.6 Å². The number of rotatable bonds is 5. The number of aliphatic hydroxyl groups is 1. The van der Waals surface area contributed by atoms with Gasteiger partial charge in [0.2, 0.25) is 0 Å². The lowest BCUT2D eigenvalue weighted by Crippen LogP contribution is -2.19. The largest absolute Gasteiger partial charge is 0.490 e. The van der Waals surface area contributed by atoms with Gasteiger partial charge in [-0.3, -0.25) is 0 Å². The van der Waals surface area contributed by atoms with Crippen molar-refractivity contribution in [1.82, 2.24) is 0 Å². The van der Waals surface area contributed by atoms with Crippen LogP contribution < -0.4 is 4.74 Å². The van der Waals surface area contributed by atoms with Crippen molar-refractivity contribution in [2.75, 3.05) is 19.0 Å². The number of carbonyl (C=O) groups is 1. The van der Waals surface area contributed by atoms with Crippen LogP contribution >= 0.6 is 15.9 Å². The van der Waals surface area contributed by atoms with Gasteiger partial charge in [-0.2, -0.15) is 0 Å². The Bertz CT molecular complexity index is 354. The minimum atomic E-state index is -0.606. The van der Waals surface area contributed by atoms with E-state index in [1.54, 1.807) is 24.3 Å². The van der Waals surface area contributed by atoms with Crippen molar-refractivity contribution >= 4 is 21.9 Å². The van der Waals surface area contributed by atoms with Crippen LogP contribution in [0.3, 0.4) is 0 Å². The van der Waals surface area contributed by atoms with E-state index in [1.807, 2.05) is 0 Å². The van der Waals surface area contributed by atoms with E-state index in [0.29, 0.717) is 16.6 Å². The molecule has 1 aromatic carbocycles. The standard InChI is InChI=1S/C11H13BrO4/c1-15-11(14)9-4-2-3-5-10(9)16-7-8(13)6-12/h2-5,8,13H,6-7H2,1H3. The number of para-hydroxylation sites is 1. The fourth-order valence-corrected chi connectivity index (χ4v) is 1.29. The number of aliphatic hydroxyl groups excluding tert-OH is 1. The number of carbonyl (C=O) groups excluding carboxylic acids is 1. The zero-order valence-corrected chi connectivity index (χ0v) is 10.4. The minimum Gasteiger partial charge on any atom is -0.490 e. The van der Waals surface area contributed by atoms with Crippen LogP contribution in [0.15, 0.2) is 24.3 Å². The van der Waals surface area contributed by atoms with E-state index < -0.39 is 12.1 Å². The second-order valence-corrected chi connectivity index (χ2v) is 3.75. The number of hydrogen-bond donors (Lipinski definition) is 1. The molecule has 0 aromatic heterocycles. The van der Waals surface area contributed by atoms with Crippen molar-refractivity contribution in [3.8, 4) is 5.75 Å². The Morgan fingerprint density at radius 1 is 1.50 bits per heavy atom. The molecule has 0 aliphatic heterocycles. The highest BCUT2D eigenvalue weighted by molar-refractivity contribution is 9.09. The number of benzene rings is 1. The molecule has 0 fully saturated rings. The van der Waals surface area contributed by atoms with Crippen LogP contribution in [0.2, 0.25) is 0 Å². The molecule has 0 spiro atoms. The average Bonchev–Trinajstić information content (AvgIpc) is 2.35. The molecular weight excluding hydrogens is 276 g/mol. The molecule has 1 N–H and O–H groups in total. The zero-order chi connectivity index (χ0) is 12.0. The number of esters is 1. The van der Waals surface area contributed by atoms with Gasteiger partial charge in [0.15, 0.2) is 0 Å². The van der Waals surface area contributed by atoms with Crippen LogP contribution in [0.25, 0.3) is 0 Å². The van der Waals surface area contributed by atoms with E-state index in [-0.39, 0.29) is 6.61 Å². The Morgan fingerprint density at radius 3 is 2.81 bits per heavy atom. The fourth-order valence-electron chi connectivity index (χ4n) is 1.10. The summed E-state index contributed by atoms with van der Waals surface area (Å²) in [4.78, 5) is 11.4. The molecule has 0 saturated carbocycles. The summed E-state index contributed by atoms with van der Waals surface area (Å²) >= 11 is 3.13. The van der Waals surface area contributed by atoms with E-state index in [0.717, 1.165) is 0 Å². The third kappa shape index (κ3) is 3.50. The minimum absolute atomic E-state index is 0.124. The van der Waals surface area contributed by atoms with Gasteiger partial charge in [0.25, 0.3) is 0 Å². The molecule has 0 radical (unpaired) electrons. The summed E-state index contributed by atoms with van der Waals surface area (Å²) < 4.78 is 9.95. The summed E-state index contributed by atoms with van der Waals surface area (Å²) in [6.07, 6.45) is -0.606. The van der Waals surface area contributed by atoms with Crippen LogP contribution in [0.1, 0.15) is 10.4 Å². The molecule has 88 valence electrons. The Kier molecular flexibility index (Phi) is 5.28. The first-order valence-corrected chi connectivity index (χ1v) is 5.85. The molecule has 0 heterocycles. The molecule has 1 unspecified atom stereocenters. The fraction of sp³-hybridized carbons (Fsp3) is 0.364. The van der Waals surface area contributed by atoms with Crippen molar-refractivity contribution in [3.63, 3.8) is 0 Å². The van der Waals surface area contributed by atoms with Crippen molar-refractivity contribution < 1.29 is 19.4 Å². The van der Waals surface area contributed by atoms with Crippen molar-refractivity contribution in [2.24, 2.45) is 0 Å². The molecule has 0 saturated heterocycles. The van der Waals surface area contributed by atoms with Gasteiger partial charge in [-0.05, 0) is 12.1 Å². The highest BCUT2D eigenvalue weighted by Gasteiger charge is 2.13. The summed E-state index contributed by atoms with van der Waals surface area (Å²) in [6.45, 7) is 0.124. The van der Waals surface area contributed by atoms with E-state index in [9.17, 15) is 9.90 Å². The van der Waals surface area contributed by atoms with Gasteiger partial charge >= 0.3 is 5.97 Å². The second kappa shape index (κ2) is 6.50. The first kappa shape index (κ1) is 13.0. The van der Waals surface area contributed by atoms with Crippen LogP contribution in [-0.4, -0.2) is 36.2 Å². The predicted octanol–water partition coefficient (Wildman–Crippen LogP) is 1.61. The lowest BCUT2D eigenvalue weighted by atomic mass is 10.2. The number of methoxy groups -OCH3 is 1. The van der Waals surface area contributed by atoms with E-state index in [4.69, 9.17) is 4.74 Å². The van der Waals surface area contributed by atoms with E-state index in [1.165, 1.54) is 7.11 Å². The topological polar surface area (TPSA) is 55.8 Å². The SMILES string of the molecule is COC(=O)c1ccccc1OCC(O)CBr. The van der Waals surface area contributed by atoms with Gasteiger partial charge in [-0.15, -0.1) is 0 Å². The van der Waals surface area contributed by atoms with Gasteiger partial charge in [0, 0.05) is 5.33 Å². The molecule has 4 nitrogen and oxygen atoms in total. The summed E-state index contributed by atoms with van der Waals surface area (Å²) in [5.74, 6) is -0.0433. The number of halogens is 1. The van der Waals surface area contributed by atoms with Crippen LogP contribution in [-0.2, 0) is 4.74 Å². The van der Waals surface area contributed by atoms with Crippen LogP contribution in [0.5, 0.6) is 5.75 Å². The highest BCUT2D eigenvalue weighted by atomic mass is 79.9. The molecule has 1 aromatic rings. The monoisotopic (exact) mass is 288 g/mol. The molecule has 0 aliphatic carbocycles. The van der Waals surface area contributed by atoms with E-state index >= 15 is 0 Å². The van der Waals surface area contributed by atoms with Crippen molar-refractivity contribution in [3.05, 3.63) is 29.8 Å². The molecule has 0 bridgehead atoms. The third-order valence-electron chi connectivity index (χ3n) is 1.90. The number of alkyl halides is 1. The maximum Gasteiger partial charge on any atom is 0.341 e. The van der Waals surface area contributed by atoms with Gasteiger partial charge in [0.05, 0.1) is 13.2 Å². The quantitative estimate of drug-likeness (QED) is 0.661. The maximum atomic E-state index is 11.4. The number of hydrogen-bond acceptors (Lipinski definition) is 4. The Morgan fingerprint density at radius 2 is 2.19 bits per heavy atom. The van der Waals surface area contributed by atoms with Crippen LogP contribution in [0, 0.1) is 0 Å². The zero-order valence-electron chi connectivity index (χ0n) is 8.85. The third-order valence-corrected chi connectivity index (χ3v) is 2.65. The Hall–Kier alpha value is -1.07. The van der Waals surface area contributed by atoms with Gasteiger partial charge in [-0.25, -0.2) is 4.79 Å². The van der Waals surface area contributed by atoms with E-state index in [2.05, 4.69) is 20.7 Å². The highest BCUT2D eigenvalue weighted by Crippen LogP contribution is 2.18. The first-order chi connectivity index (χ1) is 7.69. The smallest absolute Gasteiger partial charge is 0.341 e. The van der Waals surface area contributed by atoms with Gasteiger partial charge in [-0.1, -0.05) is 28.1 Å². The molecular formula is C11H13BrO4. The summed E-state index contributed by atoms with van der Waals surface area (Å²) in [6, 6.07) is 6.75. The molecule has 1 rings (SSSR count). The van der Waals surface area contributed by atoms with Crippen LogP contribution in [0.4, 0.5) is 0 Å². The lowest BCUT2D eigenvalue weighted by Gasteiger charge is -2.12. The molecule has 0 aliphatic rings. The summed E-state index contributed by atoms with van der Waals surface area (Å²) in [7, 11) is 1.31. The van der Waals surface area contributed by atoms with Gasteiger partial charge in [0.1, 0.15) is 17.9 Å². The molecule has 5 heteroatoms. The first-order valence-electron chi connectivity index (χ1n) is 4.73.